The molecule has 1 saturated carbocycles. The van der Waals surface area contributed by atoms with Crippen LogP contribution in [0.5, 0.6) is 0 Å². The fourth-order valence-electron chi connectivity index (χ4n) is 3.18. The Kier molecular flexibility index (Phi) is 5.48. The van der Waals surface area contributed by atoms with Gasteiger partial charge in [0.25, 0.3) is 5.69 Å². The molecule has 0 spiro atoms. The molecule has 24 heavy (non-hydrogen) atoms. The van der Waals surface area contributed by atoms with E-state index >= 15 is 0 Å². The number of non-ortho nitro benzene ring substituents is 1. The second-order valence-corrected chi connectivity index (χ2v) is 6.53. The van der Waals surface area contributed by atoms with Crippen LogP contribution in [0.15, 0.2) is 23.3 Å². The summed E-state index contributed by atoms with van der Waals surface area (Å²) in [6.45, 7) is 4.32. The fourth-order valence-corrected chi connectivity index (χ4v) is 3.18. The number of hydrogen-bond donors (Lipinski definition) is 1. The molecule has 1 aliphatic carbocycles. The van der Waals surface area contributed by atoms with E-state index in [0.29, 0.717) is 5.92 Å². The Morgan fingerprint density at radius 3 is 2.38 bits per heavy atom. The van der Waals surface area contributed by atoms with Gasteiger partial charge in [-0.05, 0) is 24.8 Å². The van der Waals surface area contributed by atoms with E-state index in [0.717, 1.165) is 31.7 Å². The van der Waals surface area contributed by atoms with E-state index in [9.17, 15) is 20.2 Å². The minimum atomic E-state index is -0.657. The second-order valence-electron chi connectivity index (χ2n) is 6.53. The first-order valence-electron chi connectivity index (χ1n) is 8.09. The quantitative estimate of drug-likeness (QED) is 0.467. The SMILES string of the molecule is CC(C)C1(/C=N/Nc2ccc([N+](=O)[O-])cc2[N+](=O)[O-])CCCCC1. The molecule has 130 valence electrons. The number of anilines is 1. The predicted molar refractivity (Wildman–Crippen MR) is 92.2 cm³/mol. The highest BCUT2D eigenvalue weighted by Gasteiger charge is 2.33. The molecule has 0 radical (unpaired) electrons. The molecule has 1 fully saturated rings. The van der Waals surface area contributed by atoms with Crippen LogP contribution in [0.2, 0.25) is 0 Å². The van der Waals surface area contributed by atoms with Crippen LogP contribution in [-0.2, 0) is 0 Å². The number of rotatable bonds is 6. The van der Waals surface area contributed by atoms with Crippen molar-refractivity contribution in [3.05, 3.63) is 38.4 Å². The normalized spacial score (nSPS) is 17.1. The van der Waals surface area contributed by atoms with Gasteiger partial charge in [0, 0.05) is 17.7 Å². The molecule has 0 bridgehead atoms. The van der Waals surface area contributed by atoms with Crippen molar-refractivity contribution in [2.75, 3.05) is 5.43 Å². The Labute approximate surface area is 140 Å². The summed E-state index contributed by atoms with van der Waals surface area (Å²) >= 11 is 0. The highest BCUT2D eigenvalue weighted by atomic mass is 16.6. The molecule has 0 amide bonds. The van der Waals surface area contributed by atoms with E-state index in [1.807, 2.05) is 6.21 Å². The summed E-state index contributed by atoms with van der Waals surface area (Å²) in [5.74, 6) is 0.426. The van der Waals surface area contributed by atoms with E-state index in [-0.39, 0.29) is 22.5 Å². The zero-order chi connectivity index (χ0) is 17.7. The van der Waals surface area contributed by atoms with Crippen LogP contribution >= 0.6 is 0 Å². The molecule has 1 N–H and O–H groups in total. The van der Waals surface area contributed by atoms with E-state index in [1.165, 1.54) is 18.6 Å². The maximum absolute atomic E-state index is 11.1. The average Bonchev–Trinajstić information content (AvgIpc) is 2.55. The largest absolute Gasteiger partial charge is 0.301 e. The van der Waals surface area contributed by atoms with Crippen molar-refractivity contribution >= 4 is 23.3 Å². The second kappa shape index (κ2) is 7.37. The van der Waals surface area contributed by atoms with Gasteiger partial charge in [-0.25, -0.2) is 0 Å². The third kappa shape index (κ3) is 3.87. The van der Waals surface area contributed by atoms with Crippen molar-refractivity contribution in [2.24, 2.45) is 16.4 Å². The Morgan fingerprint density at radius 1 is 1.17 bits per heavy atom. The van der Waals surface area contributed by atoms with Crippen LogP contribution in [0.3, 0.4) is 0 Å². The summed E-state index contributed by atoms with van der Waals surface area (Å²) in [7, 11) is 0. The smallest absolute Gasteiger partial charge is 0.272 e. The van der Waals surface area contributed by atoms with E-state index < -0.39 is 9.85 Å². The van der Waals surface area contributed by atoms with Crippen molar-refractivity contribution in [3.8, 4) is 0 Å². The van der Waals surface area contributed by atoms with Crippen LogP contribution in [0.1, 0.15) is 46.0 Å². The van der Waals surface area contributed by atoms with Crippen LogP contribution in [0, 0.1) is 31.6 Å². The van der Waals surface area contributed by atoms with Gasteiger partial charge in [0.2, 0.25) is 0 Å². The minimum absolute atomic E-state index is 0.000800. The molecule has 0 aliphatic heterocycles. The van der Waals surface area contributed by atoms with Gasteiger partial charge in [0.1, 0.15) is 5.69 Å². The maximum atomic E-state index is 11.1. The highest BCUT2D eigenvalue weighted by molar-refractivity contribution is 5.70. The topological polar surface area (TPSA) is 111 Å². The molecular formula is C16H22N4O4. The van der Waals surface area contributed by atoms with Crippen LogP contribution in [0.4, 0.5) is 17.1 Å². The number of benzene rings is 1. The first-order chi connectivity index (χ1) is 11.4. The molecule has 0 saturated heterocycles. The number of nitro benzene ring substituents is 2. The van der Waals surface area contributed by atoms with Gasteiger partial charge in [-0.3, -0.25) is 25.7 Å². The molecule has 1 aromatic rings. The van der Waals surface area contributed by atoms with E-state index in [2.05, 4.69) is 24.4 Å². The summed E-state index contributed by atoms with van der Waals surface area (Å²) in [5.41, 5.74) is 2.17. The lowest BCUT2D eigenvalue weighted by atomic mass is 9.68. The van der Waals surface area contributed by atoms with E-state index in [1.54, 1.807) is 0 Å². The summed E-state index contributed by atoms with van der Waals surface area (Å²) in [6, 6.07) is 3.48. The van der Waals surface area contributed by atoms with Crippen molar-refractivity contribution in [3.63, 3.8) is 0 Å². The van der Waals surface area contributed by atoms with Gasteiger partial charge in [0.15, 0.2) is 0 Å². The summed E-state index contributed by atoms with van der Waals surface area (Å²) < 4.78 is 0. The number of nitrogens with zero attached hydrogens (tertiary/aromatic N) is 3. The molecule has 1 aliphatic rings. The van der Waals surface area contributed by atoms with Crippen molar-refractivity contribution in [1.29, 1.82) is 0 Å². The summed E-state index contributed by atoms with van der Waals surface area (Å²) in [4.78, 5) is 20.6. The average molecular weight is 334 g/mol. The maximum Gasteiger partial charge on any atom is 0.301 e. The Balaban J connectivity index is 2.21. The van der Waals surface area contributed by atoms with Crippen molar-refractivity contribution in [2.45, 2.75) is 46.0 Å². The standard InChI is InChI=1S/C16H22N4O4/c1-12(2)16(8-4-3-5-9-16)11-17-18-14-7-6-13(19(21)22)10-15(14)20(23)24/h6-7,10-12,18H,3-5,8-9H2,1-2H3/b17-11+. The van der Waals surface area contributed by atoms with Gasteiger partial charge in [-0.1, -0.05) is 33.1 Å². The monoisotopic (exact) mass is 334 g/mol. The Morgan fingerprint density at radius 2 is 1.83 bits per heavy atom. The summed E-state index contributed by atoms with van der Waals surface area (Å²) in [6.07, 6.45) is 7.51. The highest BCUT2D eigenvalue weighted by Crippen LogP contribution is 2.41. The number of hydrogen-bond acceptors (Lipinski definition) is 6. The molecule has 0 heterocycles. The molecular weight excluding hydrogens is 312 g/mol. The molecule has 8 heteroatoms. The lowest BCUT2D eigenvalue weighted by molar-refractivity contribution is -0.393. The lowest BCUT2D eigenvalue weighted by Gasteiger charge is -2.37. The molecule has 0 unspecified atom stereocenters. The first kappa shape index (κ1) is 17.8. The molecule has 2 rings (SSSR count). The van der Waals surface area contributed by atoms with Gasteiger partial charge in [-0.2, -0.15) is 5.10 Å². The molecule has 1 aromatic carbocycles. The Hall–Kier alpha value is -2.51. The van der Waals surface area contributed by atoms with Gasteiger partial charge < -0.3 is 0 Å². The molecule has 8 nitrogen and oxygen atoms in total. The van der Waals surface area contributed by atoms with Gasteiger partial charge in [0.05, 0.1) is 15.9 Å². The zero-order valence-electron chi connectivity index (χ0n) is 13.9. The summed E-state index contributed by atoms with van der Waals surface area (Å²) in [5, 5.41) is 26.1. The van der Waals surface area contributed by atoms with Crippen LogP contribution in [-0.4, -0.2) is 16.1 Å². The lowest BCUT2D eigenvalue weighted by Crippen LogP contribution is -2.31. The Bertz CT molecular complexity index is 651. The van der Waals surface area contributed by atoms with Crippen molar-refractivity contribution in [1.82, 2.24) is 0 Å². The zero-order valence-corrected chi connectivity index (χ0v) is 13.9. The van der Waals surface area contributed by atoms with Crippen LogP contribution in [0.25, 0.3) is 0 Å². The fraction of sp³-hybridized carbons (Fsp3) is 0.562. The van der Waals surface area contributed by atoms with Gasteiger partial charge >= 0.3 is 5.69 Å². The third-order valence-corrected chi connectivity index (χ3v) is 4.83. The number of nitro groups is 2. The van der Waals surface area contributed by atoms with Crippen LogP contribution < -0.4 is 5.43 Å². The third-order valence-electron chi connectivity index (χ3n) is 4.83. The number of nitrogens with one attached hydrogen (secondary N) is 1. The molecule has 0 atom stereocenters. The van der Waals surface area contributed by atoms with E-state index in [4.69, 9.17) is 0 Å². The van der Waals surface area contributed by atoms with Gasteiger partial charge in [-0.15, -0.1) is 0 Å². The number of hydrazone groups is 1. The minimum Gasteiger partial charge on any atom is -0.272 e. The molecule has 0 aromatic heterocycles. The predicted octanol–water partition coefficient (Wildman–Crippen LogP) is 4.51. The first-order valence-corrected chi connectivity index (χ1v) is 8.09. The van der Waals surface area contributed by atoms with Crippen molar-refractivity contribution < 1.29 is 9.85 Å².